The van der Waals surface area contributed by atoms with E-state index in [1.165, 1.54) is 0 Å². The van der Waals surface area contributed by atoms with Gasteiger partial charge in [0.1, 0.15) is 0 Å². The van der Waals surface area contributed by atoms with Gasteiger partial charge in [0.15, 0.2) is 0 Å². The fraction of sp³-hybridized carbons (Fsp3) is 0.444. The molecule has 0 saturated heterocycles. The summed E-state index contributed by atoms with van der Waals surface area (Å²) in [6.45, 7) is 12.1. The Kier molecular flexibility index (Phi) is 4.40. The van der Waals surface area contributed by atoms with Gasteiger partial charge in [0.2, 0.25) is 0 Å². The van der Waals surface area contributed by atoms with Gasteiger partial charge in [-0.1, -0.05) is 0 Å². The molecule has 118 valence electrons. The van der Waals surface area contributed by atoms with Gasteiger partial charge in [0, 0.05) is 28.9 Å². The van der Waals surface area contributed by atoms with Gasteiger partial charge in [-0.3, -0.25) is 9.48 Å². The van der Waals surface area contributed by atoms with Crippen LogP contribution in [0.5, 0.6) is 0 Å². The molecule has 4 heteroatoms. The molecular formula is C18H25N3O. The summed E-state index contributed by atoms with van der Waals surface area (Å²) in [7, 11) is 0. The van der Waals surface area contributed by atoms with Crippen LogP contribution >= 0.6 is 0 Å². The quantitative estimate of drug-likeness (QED) is 0.932. The van der Waals surface area contributed by atoms with E-state index < -0.39 is 0 Å². The average molecular weight is 299 g/mol. The molecule has 1 N–H and O–H groups in total. The maximum atomic E-state index is 12.4. The predicted molar refractivity (Wildman–Crippen MR) is 90.0 cm³/mol. The van der Waals surface area contributed by atoms with E-state index in [0.717, 1.165) is 16.8 Å². The molecule has 0 fully saturated rings. The largest absolute Gasteiger partial charge is 0.347 e. The highest BCUT2D eigenvalue weighted by Crippen LogP contribution is 2.24. The average Bonchev–Trinajstić information content (AvgIpc) is 2.85. The Balaban J connectivity index is 2.43. The van der Waals surface area contributed by atoms with Crippen LogP contribution < -0.4 is 5.32 Å². The highest BCUT2D eigenvalue weighted by Gasteiger charge is 2.17. The summed E-state index contributed by atoms with van der Waals surface area (Å²) < 4.78 is 1.97. The van der Waals surface area contributed by atoms with Crippen LogP contribution in [0.2, 0.25) is 0 Å². The maximum absolute atomic E-state index is 12.4. The van der Waals surface area contributed by atoms with Gasteiger partial charge >= 0.3 is 0 Å². The third-order valence-corrected chi connectivity index (χ3v) is 3.28. The van der Waals surface area contributed by atoms with E-state index in [4.69, 9.17) is 0 Å². The van der Waals surface area contributed by atoms with Gasteiger partial charge in [0.25, 0.3) is 5.91 Å². The van der Waals surface area contributed by atoms with Crippen LogP contribution in [0, 0.1) is 6.92 Å². The Morgan fingerprint density at radius 1 is 1.23 bits per heavy atom. The van der Waals surface area contributed by atoms with E-state index in [2.05, 4.69) is 30.3 Å². The zero-order valence-electron chi connectivity index (χ0n) is 14.3. The summed E-state index contributed by atoms with van der Waals surface area (Å²) >= 11 is 0. The van der Waals surface area contributed by atoms with Crippen molar-refractivity contribution in [2.75, 3.05) is 0 Å². The third-order valence-electron chi connectivity index (χ3n) is 3.28. The van der Waals surface area contributed by atoms with Gasteiger partial charge < -0.3 is 5.32 Å². The minimum Gasteiger partial charge on any atom is -0.347 e. The first-order valence-corrected chi connectivity index (χ1v) is 7.65. The van der Waals surface area contributed by atoms with Crippen molar-refractivity contribution in [3.63, 3.8) is 0 Å². The third kappa shape index (κ3) is 3.75. The first-order valence-electron chi connectivity index (χ1n) is 7.65. The fourth-order valence-corrected chi connectivity index (χ4v) is 2.43. The first-order chi connectivity index (χ1) is 10.2. The van der Waals surface area contributed by atoms with Crippen LogP contribution in [0.1, 0.15) is 56.6 Å². The van der Waals surface area contributed by atoms with Crippen LogP contribution in [0.4, 0.5) is 0 Å². The number of rotatable bonds is 3. The summed E-state index contributed by atoms with van der Waals surface area (Å²) in [5.74, 6) is -0.0481. The Labute approximate surface area is 132 Å². The zero-order chi connectivity index (χ0) is 16.5. The SMILES string of the molecule is Cc1cc(C(=O)NC(C)(C)C)cc(-c2ccnn2C(C)C)c1. The van der Waals surface area contributed by atoms with Crippen molar-refractivity contribution in [1.29, 1.82) is 0 Å². The normalized spacial score (nSPS) is 11.8. The lowest BCUT2D eigenvalue weighted by atomic mass is 10.0. The minimum atomic E-state index is -0.249. The highest BCUT2D eigenvalue weighted by molar-refractivity contribution is 5.96. The second-order valence-corrected chi connectivity index (χ2v) is 7.05. The lowest BCUT2D eigenvalue weighted by molar-refractivity contribution is 0.0919. The van der Waals surface area contributed by atoms with Crippen molar-refractivity contribution in [2.24, 2.45) is 0 Å². The minimum absolute atomic E-state index is 0.0481. The summed E-state index contributed by atoms with van der Waals surface area (Å²) in [6.07, 6.45) is 1.80. The molecule has 0 atom stereocenters. The monoisotopic (exact) mass is 299 g/mol. The standard InChI is InChI=1S/C18H25N3O/c1-12(2)21-16(7-8-19-21)14-9-13(3)10-15(11-14)17(22)20-18(4,5)6/h7-12H,1-6H3,(H,20,22). The maximum Gasteiger partial charge on any atom is 0.251 e. The summed E-state index contributed by atoms with van der Waals surface area (Å²) in [4.78, 5) is 12.4. The number of carbonyl (C=O) groups is 1. The molecule has 4 nitrogen and oxygen atoms in total. The number of nitrogens with one attached hydrogen (secondary N) is 1. The number of nitrogens with zero attached hydrogens (tertiary/aromatic N) is 2. The molecule has 0 aliphatic rings. The van der Waals surface area contributed by atoms with Crippen molar-refractivity contribution in [3.05, 3.63) is 41.6 Å². The molecule has 0 aliphatic heterocycles. The molecule has 0 radical (unpaired) electrons. The van der Waals surface area contributed by atoms with Crippen LogP contribution in [0.3, 0.4) is 0 Å². The molecular weight excluding hydrogens is 274 g/mol. The Morgan fingerprint density at radius 3 is 2.50 bits per heavy atom. The zero-order valence-corrected chi connectivity index (χ0v) is 14.3. The number of aryl methyl sites for hydroxylation is 1. The van der Waals surface area contributed by atoms with Crippen molar-refractivity contribution >= 4 is 5.91 Å². The number of hydrogen-bond acceptors (Lipinski definition) is 2. The van der Waals surface area contributed by atoms with Crippen molar-refractivity contribution < 1.29 is 4.79 Å². The molecule has 0 bridgehead atoms. The van der Waals surface area contributed by atoms with Gasteiger partial charge in [-0.15, -0.1) is 0 Å². The number of amides is 1. The van der Waals surface area contributed by atoms with Crippen LogP contribution in [-0.4, -0.2) is 21.2 Å². The van der Waals surface area contributed by atoms with Gasteiger partial charge in [0.05, 0.1) is 5.69 Å². The van der Waals surface area contributed by atoms with Gasteiger partial charge in [-0.05, 0) is 71.4 Å². The van der Waals surface area contributed by atoms with Crippen molar-refractivity contribution in [1.82, 2.24) is 15.1 Å². The van der Waals surface area contributed by atoms with E-state index in [1.807, 2.05) is 50.6 Å². The Morgan fingerprint density at radius 2 is 1.91 bits per heavy atom. The molecule has 0 saturated carbocycles. The summed E-state index contributed by atoms with van der Waals surface area (Å²) in [5, 5.41) is 7.38. The first kappa shape index (κ1) is 16.3. The Bertz CT molecular complexity index is 678. The molecule has 2 aromatic rings. The van der Waals surface area contributed by atoms with E-state index in [9.17, 15) is 4.79 Å². The molecule has 1 heterocycles. The topological polar surface area (TPSA) is 46.9 Å². The number of aromatic nitrogens is 2. The lowest BCUT2D eigenvalue weighted by Gasteiger charge is -2.21. The van der Waals surface area contributed by atoms with E-state index in [-0.39, 0.29) is 17.5 Å². The van der Waals surface area contributed by atoms with Crippen molar-refractivity contribution in [3.8, 4) is 11.3 Å². The molecule has 2 rings (SSSR count). The molecule has 1 aromatic carbocycles. The van der Waals surface area contributed by atoms with E-state index in [0.29, 0.717) is 5.56 Å². The van der Waals surface area contributed by atoms with Crippen LogP contribution in [0.25, 0.3) is 11.3 Å². The lowest BCUT2D eigenvalue weighted by Crippen LogP contribution is -2.40. The van der Waals surface area contributed by atoms with Gasteiger partial charge in [-0.25, -0.2) is 0 Å². The molecule has 1 amide bonds. The molecule has 0 aliphatic carbocycles. The molecule has 22 heavy (non-hydrogen) atoms. The molecule has 1 aromatic heterocycles. The smallest absolute Gasteiger partial charge is 0.251 e. The molecule has 0 unspecified atom stereocenters. The molecule has 0 spiro atoms. The summed E-state index contributed by atoms with van der Waals surface area (Å²) in [5.41, 5.74) is 3.55. The van der Waals surface area contributed by atoms with Crippen LogP contribution in [0.15, 0.2) is 30.5 Å². The number of hydrogen-bond donors (Lipinski definition) is 1. The van der Waals surface area contributed by atoms with E-state index >= 15 is 0 Å². The second kappa shape index (κ2) is 5.95. The number of carbonyl (C=O) groups excluding carboxylic acids is 1. The predicted octanol–water partition coefficient (Wildman–Crippen LogP) is 3.97. The second-order valence-electron chi connectivity index (χ2n) is 7.05. The van der Waals surface area contributed by atoms with Crippen molar-refractivity contribution in [2.45, 2.75) is 53.1 Å². The van der Waals surface area contributed by atoms with E-state index in [1.54, 1.807) is 6.20 Å². The van der Waals surface area contributed by atoms with Crippen LogP contribution in [-0.2, 0) is 0 Å². The van der Waals surface area contributed by atoms with Gasteiger partial charge in [-0.2, -0.15) is 5.10 Å². The Hall–Kier alpha value is -2.10. The number of benzene rings is 1. The fourth-order valence-electron chi connectivity index (χ4n) is 2.43. The highest BCUT2D eigenvalue weighted by atomic mass is 16.1. The summed E-state index contributed by atoms with van der Waals surface area (Å²) in [6, 6.07) is 8.20.